The Morgan fingerprint density at radius 1 is 0.708 bits per heavy atom. The molecule has 0 aromatic heterocycles. The zero-order chi connectivity index (χ0) is 34.4. The fourth-order valence-electron chi connectivity index (χ4n) is 11.5. The molecule has 0 bridgehead atoms. The van der Waals surface area contributed by atoms with Gasteiger partial charge in [0.1, 0.15) is 0 Å². The number of ether oxygens (including phenoxy) is 3. The molecule has 48 heavy (non-hydrogen) atoms. The van der Waals surface area contributed by atoms with Crippen molar-refractivity contribution in [3.05, 3.63) is 0 Å². The van der Waals surface area contributed by atoms with Gasteiger partial charge in [-0.05, 0) is 157 Å². The number of hydrogen-bond acceptors (Lipinski definition) is 7. The Labute approximate surface area is 296 Å². The highest BCUT2D eigenvalue weighted by Crippen LogP contribution is 2.69. The van der Waals surface area contributed by atoms with Crippen LogP contribution in [-0.2, 0) is 14.2 Å². The zero-order valence-electron chi connectivity index (χ0n) is 32.0. The van der Waals surface area contributed by atoms with Crippen LogP contribution in [0.2, 0.25) is 0 Å². The first-order valence-corrected chi connectivity index (χ1v) is 21.0. The normalized spacial score (nSPS) is 36.8. The van der Waals surface area contributed by atoms with Crippen molar-refractivity contribution in [2.45, 2.75) is 162 Å². The van der Waals surface area contributed by atoms with Crippen LogP contribution in [0.1, 0.15) is 143 Å². The van der Waals surface area contributed by atoms with Gasteiger partial charge >= 0.3 is 0 Å². The summed E-state index contributed by atoms with van der Waals surface area (Å²) in [4.78, 5) is 0. The second-order valence-corrected chi connectivity index (χ2v) is 17.1. The smallest absolute Gasteiger partial charge is 0.0637 e. The summed E-state index contributed by atoms with van der Waals surface area (Å²) in [5.41, 5.74) is 18.3. The highest BCUT2D eigenvalue weighted by atomic mass is 16.5. The molecule has 4 fully saturated rings. The van der Waals surface area contributed by atoms with Crippen LogP contribution in [0.4, 0.5) is 0 Å². The van der Waals surface area contributed by atoms with Crippen LogP contribution < -0.4 is 22.5 Å². The summed E-state index contributed by atoms with van der Waals surface area (Å²) in [6.45, 7) is 17.0. The molecule has 0 saturated heterocycles. The number of nitrogens with two attached hydrogens (primary N) is 3. The summed E-state index contributed by atoms with van der Waals surface area (Å²) in [6.07, 6.45) is 23.2. The van der Waals surface area contributed by atoms with E-state index in [1.807, 2.05) is 0 Å². The molecule has 0 aromatic rings. The van der Waals surface area contributed by atoms with Crippen LogP contribution in [-0.4, -0.2) is 70.9 Å². The van der Waals surface area contributed by atoms with E-state index in [4.69, 9.17) is 31.4 Å². The van der Waals surface area contributed by atoms with Gasteiger partial charge in [0.2, 0.25) is 0 Å². The molecular formula is C41H80N4O3. The predicted octanol–water partition coefficient (Wildman–Crippen LogP) is 7.43. The maximum atomic E-state index is 7.03. The molecule has 282 valence electrons. The second-order valence-electron chi connectivity index (χ2n) is 17.1. The molecule has 4 saturated carbocycles. The molecule has 7 heteroatoms. The highest BCUT2D eigenvalue weighted by Gasteiger charge is 2.66. The van der Waals surface area contributed by atoms with Crippen LogP contribution in [0.3, 0.4) is 0 Å². The van der Waals surface area contributed by atoms with Crippen molar-refractivity contribution in [1.82, 2.24) is 5.32 Å². The van der Waals surface area contributed by atoms with Crippen LogP contribution in [0.25, 0.3) is 0 Å². The molecule has 7 N–H and O–H groups in total. The van der Waals surface area contributed by atoms with Crippen molar-refractivity contribution in [2.75, 3.05) is 52.5 Å². The number of fused-ring (bicyclic) bond motifs is 5. The molecule has 0 aliphatic heterocycles. The Balaban J connectivity index is 1.46. The van der Waals surface area contributed by atoms with Gasteiger partial charge in [-0.2, -0.15) is 0 Å². The van der Waals surface area contributed by atoms with Gasteiger partial charge in [-0.1, -0.05) is 59.8 Å². The van der Waals surface area contributed by atoms with E-state index in [9.17, 15) is 0 Å². The quantitative estimate of drug-likeness (QED) is 0.0786. The summed E-state index contributed by atoms with van der Waals surface area (Å²) in [6, 6.07) is 0. The summed E-state index contributed by atoms with van der Waals surface area (Å²) in [7, 11) is 0. The van der Waals surface area contributed by atoms with Crippen molar-refractivity contribution in [1.29, 1.82) is 0 Å². The molecule has 4 aliphatic carbocycles. The highest BCUT2D eigenvalue weighted by molar-refractivity contribution is 5.15. The lowest BCUT2D eigenvalue weighted by Crippen LogP contribution is -2.63. The number of rotatable bonds is 24. The molecule has 0 amide bonds. The van der Waals surface area contributed by atoms with Crippen molar-refractivity contribution in [2.24, 2.45) is 63.5 Å². The summed E-state index contributed by atoms with van der Waals surface area (Å²) in [5.74, 6) is 3.92. The monoisotopic (exact) mass is 677 g/mol. The number of nitrogens with one attached hydrogen (secondary N) is 1. The Bertz CT molecular complexity index is 879. The topological polar surface area (TPSA) is 118 Å². The van der Waals surface area contributed by atoms with E-state index < -0.39 is 0 Å². The van der Waals surface area contributed by atoms with E-state index in [1.54, 1.807) is 0 Å². The van der Waals surface area contributed by atoms with Crippen molar-refractivity contribution < 1.29 is 14.2 Å². The number of hydrogen-bond donors (Lipinski definition) is 4. The lowest BCUT2D eigenvalue weighted by atomic mass is 9.43. The van der Waals surface area contributed by atoms with Gasteiger partial charge in [0, 0.05) is 25.2 Å². The lowest BCUT2D eigenvalue weighted by Gasteiger charge is -2.65. The molecule has 0 spiro atoms. The largest absolute Gasteiger partial charge is 0.378 e. The Morgan fingerprint density at radius 2 is 1.38 bits per heavy atom. The average Bonchev–Trinajstić information content (AvgIpc) is 3.44. The van der Waals surface area contributed by atoms with Crippen LogP contribution in [0, 0.1) is 46.3 Å². The SMILES string of the molecule is CCCCCCCCNCCC[C@@H](C)[C@H]1CC[C@H]2C3C(OCCCN)CC4C[C@H](OCCCN)CC[C@]4(C)[C@H]3C[C@H](OCCCN)[C@]12C. The van der Waals surface area contributed by atoms with Gasteiger partial charge in [0.15, 0.2) is 0 Å². The van der Waals surface area contributed by atoms with E-state index in [2.05, 4.69) is 33.0 Å². The minimum absolute atomic E-state index is 0.183. The maximum absolute atomic E-state index is 7.03. The summed E-state index contributed by atoms with van der Waals surface area (Å²) in [5, 5.41) is 3.77. The third-order valence-electron chi connectivity index (χ3n) is 14.2. The molecule has 3 unspecified atom stereocenters. The van der Waals surface area contributed by atoms with Crippen molar-refractivity contribution in [3.63, 3.8) is 0 Å². The molecule has 0 radical (unpaired) electrons. The molecule has 7 nitrogen and oxygen atoms in total. The first-order chi connectivity index (χ1) is 23.3. The van der Waals surface area contributed by atoms with Crippen LogP contribution in [0.15, 0.2) is 0 Å². The molecule has 0 heterocycles. The molecule has 4 rings (SSSR count). The van der Waals surface area contributed by atoms with E-state index >= 15 is 0 Å². The summed E-state index contributed by atoms with van der Waals surface area (Å²) >= 11 is 0. The standard InChI is InChI=1S/C41H80N4O3/c1-5-6-7-8-9-10-23-45-24-11-15-31(2)34-16-17-35-39-36(30-38(41(34,35)4)48-27-14-22-44)40(3)19-18-33(46-25-12-20-42)28-32(40)29-37(39)47-26-13-21-43/h31-39,45H,5-30,42-44H2,1-4H3/t31-,32?,33-,34-,35+,36+,37?,38+,39?,40+,41-/m1/s1. The van der Waals surface area contributed by atoms with Crippen LogP contribution >= 0.6 is 0 Å². The van der Waals surface area contributed by atoms with E-state index in [0.717, 1.165) is 52.0 Å². The van der Waals surface area contributed by atoms with Gasteiger partial charge < -0.3 is 36.7 Å². The van der Waals surface area contributed by atoms with E-state index in [0.29, 0.717) is 78.9 Å². The molecule has 4 aliphatic rings. The lowest BCUT2D eigenvalue weighted by molar-refractivity contribution is -0.227. The first kappa shape index (κ1) is 40.5. The Hall–Kier alpha value is -0.280. The van der Waals surface area contributed by atoms with Gasteiger partial charge in [-0.15, -0.1) is 0 Å². The Morgan fingerprint density at radius 3 is 2.10 bits per heavy atom. The van der Waals surface area contributed by atoms with Gasteiger partial charge in [-0.25, -0.2) is 0 Å². The Kier molecular flexibility index (Phi) is 17.4. The number of unbranched alkanes of at least 4 members (excludes halogenated alkanes) is 5. The first-order valence-electron chi connectivity index (χ1n) is 21.0. The molecule has 11 atom stereocenters. The molecule has 0 aromatic carbocycles. The van der Waals surface area contributed by atoms with Crippen molar-refractivity contribution in [3.8, 4) is 0 Å². The van der Waals surface area contributed by atoms with E-state index in [1.165, 1.54) is 96.4 Å². The van der Waals surface area contributed by atoms with E-state index in [-0.39, 0.29) is 5.41 Å². The third-order valence-corrected chi connectivity index (χ3v) is 14.2. The van der Waals surface area contributed by atoms with Gasteiger partial charge in [0.25, 0.3) is 0 Å². The zero-order valence-corrected chi connectivity index (χ0v) is 32.0. The minimum Gasteiger partial charge on any atom is -0.378 e. The maximum Gasteiger partial charge on any atom is 0.0637 e. The predicted molar refractivity (Wildman–Crippen MR) is 201 cm³/mol. The van der Waals surface area contributed by atoms with Gasteiger partial charge in [0.05, 0.1) is 18.3 Å². The second kappa shape index (κ2) is 20.7. The van der Waals surface area contributed by atoms with Gasteiger partial charge in [-0.3, -0.25) is 0 Å². The summed E-state index contributed by atoms with van der Waals surface area (Å²) < 4.78 is 20.4. The van der Waals surface area contributed by atoms with Crippen LogP contribution in [0.5, 0.6) is 0 Å². The third kappa shape index (κ3) is 9.98. The fraction of sp³-hybridized carbons (Fsp3) is 1.00. The fourth-order valence-corrected chi connectivity index (χ4v) is 11.5. The minimum atomic E-state index is 0.183. The average molecular weight is 677 g/mol. The van der Waals surface area contributed by atoms with Crippen molar-refractivity contribution >= 4 is 0 Å². The molecular weight excluding hydrogens is 596 g/mol.